The molecule has 0 saturated heterocycles. The molecular formula is C24H20O3. The molecule has 0 saturated carbocycles. The number of fused-ring (bicyclic) bond motifs is 2. The summed E-state index contributed by atoms with van der Waals surface area (Å²) in [7, 11) is 0. The molecule has 3 heteroatoms. The third-order valence-electron chi connectivity index (χ3n) is 5.09. The molecule has 0 amide bonds. The molecule has 3 aromatic rings. The molecule has 0 aromatic heterocycles. The van der Waals surface area contributed by atoms with Crippen LogP contribution in [0.4, 0.5) is 0 Å². The van der Waals surface area contributed by atoms with Gasteiger partial charge in [0.2, 0.25) is 0 Å². The molecule has 0 spiro atoms. The van der Waals surface area contributed by atoms with Gasteiger partial charge < -0.3 is 4.74 Å². The number of hydrogen-bond donors (Lipinski definition) is 0. The molecule has 0 unspecified atom stereocenters. The van der Waals surface area contributed by atoms with E-state index in [1.165, 1.54) is 6.92 Å². The van der Waals surface area contributed by atoms with Gasteiger partial charge in [0.05, 0.1) is 5.92 Å². The van der Waals surface area contributed by atoms with Crippen molar-refractivity contribution in [3.63, 3.8) is 0 Å². The van der Waals surface area contributed by atoms with E-state index in [2.05, 4.69) is 0 Å². The number of hydrogen-bond acceptors (Lipinski definition) is 3. The van der Waals surface area contributed by atoms with Gasteiger partial charge in [-0.1, -0.05) is 66.2 Å². The summed E-state index contributed by atoms with van der Waals surface area (Å²) in [6, 6.07) is 22.6. The number of carbonyl (C=O) groups is 2. The van der Waals surface area contributed by atoms with Crippen molar-refractivity contribution >= 4 is 11.6 Å². The van der Waals surface area contributed by atoms with E-state index in [0.717, 1.165) is 16.7 Å². The van der Waals surface area contributed by atoms with Crippen LogP contribution < -0.4 is 4.74 Å². The lowest BCUT2D eigenvalue weighted by atomic mass is 9.73. The Bertz CT molecular complexity index is 1020. The van der Waals surface area contributed by atoms with Gasteiger partial charge in [0.15, 0.2) is 5.78 Å². The summed E-state index contributed by atoms with van der Waals surface area (Å²) in [4.78, 5) is 26.0. The van der Waals surface area contributed by atoms with Crippen molar-refractivity contribution in [2.45, 2.75) is 19.8 Å². The van der Waals surface area contributed by atoms with Gasteiger partial charge in [-0.25, -0.2) is 0 Å². The smallest absolute Gasteiger partial charge is 0.174 e. The van der Waals surface area contributed by atoms with E-state index in [1.54, 1.807) is 12.1 Å². The minimum atomic E-state index is -0.794. The van der Waals surface area contributed by atoms with E-state index in [0.29, 0.717) is 17.1 Å². The van der Waals surface area contributed by atoms with Crippen molar-refractivity contribution in [3.8, 4) is 11.5 Å². The zero-order chi connectivity index (χ0) is 19.0. The largest absolute Gasteiger partial charge is 0.457 e. The molecule has 2 atom stereocenters. The Balaban J connectivity index is 1.91. The lowest BCUT2D eigenvalue weighted by molar-refractivity contribution is -0.119. The third-order valence-corrected chi connectivity index (χ3v) is 5.09. The molecule has 0 N–H and O–H groups in total. The highest BCUT2D eigenvalue weighted by atomic mass is 16.5. The lowest BCUT2D eigenvalue weighted by Gasteiger charge is -2.32. The maximum absolute atomic E-state index is 13.3. The predicted molar refractivity (Wildman–Crippen MR) is 104 cm³/mol. The van der Waals surface area contributed by atoms with Gasteiger partial charge >= 0.3 is 0 Å². The van der Waals surface area contributed by atoms with E-state index in [9.17, 15) is 9.59 Å². The molecule has 1 heterocycles. The maximum Gasteiger partial charge on any atom is 0.174 e. The fraction of sp³-hybridized carbons (Fsp3) is 0.167. The molecule has 0 bridgehead atoms. The molecule has 1 aliphatic rings. The number of rotatable bonds is 4. The summed E-state index contributed by atoms with van der Waals surface area (Å²) in [5.41, 5.74) is 3.38. The molecule has 3 aromatic carbocycles. The van der Waals surface area contributed by atoms with Crippen LogP contribution in [0.3, 0.4) is 0 Å². The van der Waals surface area contributed by atoms with Crippen LogP contribution in [-0.2, 0) is 4.79 Å². The number of benzene rings is 3. The van der Waals surface area contributed by atoms with Crippen LogP contribution in [0.5, 0.6) is 11.5 Å². The fourth-order valence-electron chi connectivity index (χ4n) is 3.83. The van der Waals surface area contributed by atoms with Crippen LogP contribution in [0.2, 0.25) is 0 Å². The second kappa shape index (κ2) is 6.84. The van der Waals surface area contributed by atoms with Crippen molar-refractivity contribution < 1.29 is 14.3 Å². The first-order valence-electron chi connectivity index (χ1n) is 9.03. The highest BCUT2D eigenvalue weighted by Crippen LogP contribution is 2.48. The van der Waals surface area contributed by atoms with Crippen LogP contribution in [-0.4, -0.2) is 11.6 Å². The Morgan fingerprint density at radius 3 is 2.26 bits per heavy atom. The highest BCUT2D eigenvalue weighted by molar-refractivity contribution is 6.11. The van der Waals surface area contributed by atoms with Crippen molar-refractivity contribution in [2.75, 3.05) is 0 Å². The highest BCUT2D eigenvalue weighted by Gasteiger charge is 2.40. The Labute approximate surface area is 158 Å². The van der Waals surface area contributed by atoms with Gasteiger partial charge in [0.1, 0.15) is 17.3 Å². The summed E-state index contributed by atoms with van der Waals surface area (Å²) < 4.78 is 6.06. The second-order valence-electron chi connectivity index (χ2n) is 6.98. The average Bonchev–Trinajstić information content (AvgIpc) is 2.68. The molecule has 3 nitrogen and oxygen atoms in total. The molecule has 0 fully saturated rings. The average molecular weight is 356 g/mol. The monoisotopic (exact) mass is 356 g/mol. The minimum absolute atomic E-state index is 0.141. The summed E-state index contributed by atoms with van der Waals surface area (Å²) >= 11 is 0. The SMILES string of the molecule is CC(=O)[C@H](C(=O)c1ccccc1)[C@H]1c2ccccc2Oc2ccc(C)cc21. The molecule has 0 radical (unpaired) electrons. The summed E-state index contributed by atoms with van der Waals surface area (Å²) in [6.07, 6.45) is 0. The van der Waals surface area contributed by atoms with E-state index < -0.39 is 5.92 Å². The number of aryl methyl sites for hydroxylation is 1. The first-order chi connectivity index (χ1) is 13.1. The predicted octanol–water partition coefficient (Wildman–Crippen LogP) is 5.32. The normalized spacial score (nSPS) is 15.9. The zero-order valence-corrected chi connectivity index (χ0v) is 15.3. The van der Waals surface area contributed by atoms with E-state index in [-0.39, 0.29) is 17.5 Å². The van der Waals surface area contributed by atoms with Crippen molar-refractivity contribution in [1.29, 1.82) is 0 Å². The molecular weight excluding hydrogens is 336 g/mol. The van der Waals surface area contributed by atoms with Crippen molar-refractivity contribution in [2.24, 2.45) is 5.92 Å². The molecule has 1 aliphatic heterocycles. The summed E-state index contributed by atoms with van der Waals surface area (Å²) in [5.74, 6) is -0.0503. The molecule has 0 aliphatic carbocycles. The number of Topliss-reactive ketones (excluding diaryl/α,β-unsaturated/α-hetero) is 2. The van der Waals surface area contributed by atoms with Gasteiger partial charge in [-0.05, 0) is 26.0 Å². The quantitative estimate of drug-likeness (QED) is 0.469. The van der Waals surface area contributed by atoms with Crippen LogP contribution in [0.15, 0.2) is 72.8 Å². The van der Waals surface area contributed by atoms with Crippen LogP contribution in [0, 0.1) is 12.8 Å². The number of ether oxygens (including phenoxy) is 1. The zero-order valence-electron chi connectivity index (χ0n) is 15.3. The Morgan fingerprint density at radius 1 is 0.852 bits per heavy atom. The van der Waals surface area contributed by atoms with E-state index >= 15 is 0 Å². The number of carbonyl (C=O) groups excluding carboxylic acids is 2. The number of ketones is 2. The topological polar surface area (TPSA) is 43.4 Å². The molecule has 27 heavy (non-hydrogen) atoms. The van der Waals surface area contributed by atoms with Crippen LogP contribution >= 0.6 is 0 Å². The van der Waals surface area contributed by atoms with Gasteiger partial charge in [-0.2, -0.15) is 0 Å². The maximum atomic E-state index is 13.3. The Kier molecular flexibility index (Phi) is 4.36. The standard InChI is InChI=1S/C24H20O3/c1-15-12-13-21-19(14-15)23(18-10-6-7-11-20(18)27-21)22(16(2)25)24(26)17-8-4-3-5-9-17/h3-14,22-23H,1-2H3/t22-,23-/m0/s1. The summed E-state index contributed by atoms with van der Waals surface area (Å²) in [6.45, 7) is 3.50. The van der Waals surface area contributed by atoms with Gasteiger partial charge in [0, 0.05) is 22.6 Å². The summed E-state index contributed by atoms with van der Waals surface area (Å²) in [5, 5.41) is 0. The van der Waals surface area contributed by atoms with Gasteiger partial charge in [0.25, 0.3) is 0 Å². The second-order valence-corrected chi connectivity index (χ2v) is 6.98. The minimum Gasteiger partial charge on any atom is -0.457 e. The van der Waals surface area contributed by atoms with Gasteiger partial charge in [-0.15, -0.1) is 0 Å². The first-order valence-corrected chi connectivity index (χ1v) is 9.03. The van der Waals surface area contributed by atoms with Crippen molar-refractivity contribution in [3.05, 3.63) is 95.1 Å². The Morgan fingerprint density at radius 2 is 1.52 bits per heavy atom. The lowest BCUT2D eigenvalue weighted by Crippen LogP contribution is -2.31. The van der Waals surface area contributed by atoms with Crippen molar-refractivity contribution in [1.82, 2.24) is 0 Å². The fourth-order valence-corrected chi connectivity index (χ4v) is 3.83. The molecule has 134 valence electrons. The molecule has 4 rings (SSSR count). The Hall–Kier alpha value is -3.20. The van der Waals surface area contributed by atoms with Crippen LogP contribution in [0.1, 0.15) is 39.9 Å². The van der Waals surface area contributed by atoms with Gasteiger partial charge in [-0.3, -0.25) is 9.59 Å². The number of para-hydroxylation sites is 1. The third kappa shape index (κ3) is 3.06. The van der Waals surface area contributed by atoms with E-state index in [4.69, 9.17) is 4.74 Å². The first kappa shape index (κ1) is 17.2. The van der Waals surface area contributed by atoms with Crippen LogP contribution in [0.25, 0.3) is 0 Å². The van der Waals surface area contributed by atoms with E-state index in [1.807, 2.05) is 67.6 Å².